The number of ether oxygens (including phenoxy) is 3. The fourth-order valence-corrected chi connectivity index (χ4v) is 3.16. The maximum Gasteiger partial charge on any atom is 0.274 e. The summed E-state index contributed by atoms with van der Waals surface area (Å²) in [5.74, 6) is 0.912. The molecule has 1 amide bonds. The van der Waals surface area contributed by atoms with Crippen LogP contribution in [0.2, 0.25) is 0 Å². The summed E-state index contributed by atoms with van der Waals surface area (Å²) in [5.41, 5.74) is 4.15. The number of benzene rings is 2. The first kappa shape index (κ1) is 19.2. The first-order valence-corrected chi connectivity index (χ1v) is 8.70. The average molecular weight is 372 g/mol. The van der Waals surface area contributed by atoms with Crippen molar-refractivity contribution in [3.05, 3.63) is 59.2 Å². The lowest BCUT2D eigenvalue weighted by Gasteiger charge is -2.28. The summed E-state index contributed by atoms with van der Waals surface area (Å²) in [6.07, 6.45) is 0. The summed E-state index contributed by atoms with van der Waals surface area (Å²) in [5, 5.41) is 8.83. The van der Waals surface area contributed by atoms with Gasteiger partial charge in [0.2, 0.25) is 0 Å². The molecule has 0 aliphatic carbocycles. The van der Waals surface area contributed by atoms with Crippen molar-refractivity contribution in [2.45, 2.75) is 19.1 Å². The van der Waals surface area contributed by atoms with E-state index in [-0.39, 0.29) is 6.04 Å². The van der Waals surface area contributed by atoms with Crippen LogP contribution in [0, 0.1) is 0 Å². The highest BCUT2D eigenvalue weighted by Crippen LogP contribution is 2.28. The summed E-state index contributed by atoms with van der Waals surface area (Å²) < 4.78 is 16.6. The molecule has 0 bridgehead atoms. The highest BCUT2D eigenvalue weighted by molar-refractivity contribution is 5.93. The van der Waals surface area contributed by atoms with E-state index >= 15 is 0 Å². The summed E-state index contributed by atoms with van der Waals surface area (Å²) in [7, 11) is 3.32. The van der Waals surface area contributed by atoms with Gasteiger partial charge in [-0.15, -0.1) is 0 Å². The number of amides is 1. The number of hydrogen-bond acceptors (Lipinski definition) is 6. The van der Waals surface area contributed by atoms with Crippen LogP contribution in [0.4, 0.5) is 0 Å². The molecule has 2 aromatic rings. The van der Waals surface area contributed by atoms with Crippen molar-refractivity contribution in [1.29, 1.82) is 0 Å². The number of nitrogens with one attached hydrogen (secondary N) is 1. The minimum absolute atomic E-state index is 0.0691. The van der Waals surface area contributed by atoms with E-state index in [2.05, 4.69) is 4.90 Å². The van der Waals surface area contributed by atoms with Crippen LogP contribution in [0.15, 0.2) is 42.5 Å². The standard InChI is InChI=1S/C20H24N2O5/c1-25-12-17-13-27-19-9-15(20(23)21-24)5-6-16(19)11-22(17)10-14-3-7-18(26-2)8-4-14/h3-9,17,24H,10-13H2,1-2H3,(H,21,23)/t17-/m0/s1. The Labute approximate surface area is 158 Å². The number of rotatable bonds is 6. The molecule has 1 aliphatic heterocycles. The fraction of sp³-hybridized carbons (Fsp3) is 0.350. The monoisotopic (exact) mass is 372 g/mol. The van der Waals surface area contributed by atoms with E-state index < -0.39 is 5.91 Å². The Bertz CT molecular complexity index is 778. The third-order valence-electron chi connectivity index (χ3n) is 4.66. The number of fused-ring (bicyclic) bond motifs is 1. The van der Waals surface area contributed by atoms with Crippen LogP contribution < -0.4 is 15.0 Å². The maximum absolute atomic E-state index is 11.7. The molecule has 0 radical (unpaired) electrons. The Balaban J connectivity index is 1.83. The normalized spacial score (nSPS) is 16.8. The van der Waals surface area contributed by atoms with Gasteiger partial charge in [-0.1, -0.05) is 18.2 Å². The van der Waals surface area contributed by atoms with Crippen LogP contribution in [-0.4, -0.2) is 49.5 Å². The van der Waals surface area contributed by atoms with Gasteiger partial charge >= 0.3 is 0 Å². The van der Waals surface area contributed by atoms with Gasteiger partial charge in [0.25, 0.3) is 5.91 Å². The second-order valence-electron chi connectivity index (χ2n) is 6.44. The van der Waals surface area contributed by atoms with Gasteiger partial charge in [-0.2, -0.15) is 0 Å². The molecule has 1 atom stereocenters. The lowest BCUT2D eigenvalue weighted by atomic mass is 10.1. The maximum atomic E-state index is 11.7. The Hall–Kier alpha value is -2.61. The van der Waals surface area contributed by atoms with Crippen molar-refractivity contribution in [3.63, 3.8) is 0 Å². The Morgan fingerprint density at radius 2 is 2.04 bits per heavy atom. The smallest absolute Gasteiger partial charge is 0.274 e. The largest absolute Gasteiger partial charge is 0.497 e. The van der Waals surface area contributed by atoms with E-state index in [0.717, 1.165) is 23.4 Å². The van der Waals surface area contributed by atoms with E-state index in [0.29, 0.717) is 31.1 Å². The minimum atomic E-state index is -0.561. The first-order valence-electron chi connectivity index (χ1n) is 8.70. The number of carbonyl (C=O) groups is 1. The van der Waals surface area contributed by atoms with Crippen LogP contribution >= 0.6 is 0 Å². The summed E-state index contributed by atoms with van der Waals surface area (Å²) in [6, 6.07) is 13.2. The van der Waals surface area contributed by atoms with E-state index in [1.54, 1.807) is 31.8 Å². The fourth-order valence-electron chi connectivity index (χ4n) is 3.16. The molecule has 7 heteroatoms. The van der Waals surface area contributed by atoms with Gasteiger partial charge in [0.1, 0.15) is 18.1 Å². The predicted molar refractivity (Wildman–Crippen MR) is 99.1 cm³/mol. The molecule has 2 N–H and O–H groups in total. The van der Waals surface area contributed by atoms with Gasteiger partial charge < -0.3 is 14.2 Å². The van der Waals surface area contributed by atoms with E-state index in [1.807, 2.05) is 30.3 Å². The molecule has 0 fully saturated rings. The molecule has 0 saturated carbocycles. The van der Waals surface area contributed by atoms with Gasteiger partial charge in [-0.25, -0.2) is 5.48 Å². The molecule has 2 aromatic carbocycles. The number of carbonyl (C=O) groups excluding carboxylic acids is 1. The van der Waals surface area contributed by atoms with Gasteiger partial charge in [0.15, 0.2) is 0 Å². The molecule has 0 spiro atoms. The minimum Gasteiger partial charge on any atom is -0.497 e. The lowest BCUT2D eigenvalue weighted by molar-refractivity contribution is 0.0594. The number of hydrogen-bond donors (Lipinski definition) is 2. The van der Waals surface area contributed by atoms with Crippen molar-refractivity contribution < 1.29 is 24.2 Å². The summed E-state index contributed by atoms with van der Waals surface area (Å²) in [4.78, 5) is 13.9. The van der Waals surface area contributed by atoms with Gasteiger partial charge in [-0.3, -0.25) is 14.9 Å². The second-order valence-corrected chi connectivity index (χ2v) is 6.44. The number of nitrogens with zero attached hydrogens (tertiary/aromatic N) is 1. The lowest BCUT2D eigenvalue weighted by Crippen LogP contribution is -2.40. The third kappa shape index (κ3) is 4.57. The Kier molecular flexibility index (Phi) is 6.28. The van der Waals surface area contributed by atoms with Gasteiger partial charge in [0.05, 0.1) is 19.8 Å². The summed E-state index contributed by atoms with van der Waals surface area (Å²) in [6.45, 7) is 2.38. The molecule has 0 saturated heterocycles. The average Bonchev–Trinajstić information content (AvgIpc) is 2.87. The zero-order valence-corrected chi connectivity index (χ0v) is 15.5. The molecule has 0 unspecified atom stereocenters. The zero-order chi connectivity index (χ0) is 19.2. The van der Waals surface area contributed by atoms with E-state index in [4.69, 9.17) is 19.4 Å². The molecule has 0 aromatic heterocycles. The van der Waals surface area contributed by atoms with E-state index in [9.17, 15) is 4.79 Å². The third-order valence-corrected chi connectivity index (χ3v) is 4.66. The molecular weight excluding hydrogens is 348 g/mol. The van der Waals surface area contributed by atoms with Crippen LogP contribution in [0.1, 0.15) is 21.5 Å². The second kappa shape index (κ2) is 8.85. The predicted octanol–water partition coefficient (Wildman–Crippen LogP) is 2.22. The molecule has 1 heterocycles. The highest BCUT2D eigenvalue weighted by Gasteiger charge is 2.25. The van der Waals surface area contributed by atoms with Crippen LogP contribution in [-0.2, 0) is 17.8 Å². The number of methoxy groups -OCH3 is 2. The van der Waals surface area contributed by atoms with E-state index in [1.165, 1.54) is 0 Å². The first-order chi connectivity index (χ1) is 13.1. The molecule has 7 nitrogen and oxygen atoms in total. The molecule has 27 heavy (non-hydrogen) atoms. The van der Waals surface area contributed by atoms with Crippen molar-refractivity contribution >= 4 is 5.91 Å². The molecule has 144 valence electrons. The van der Waals surface area contributed by atoms with Gasteiger partial charge in [0, 0.05) is 31.3 Å². The van der Waals surface area contributed by atoms with Crippen molar-refractivity contribution in [1.82, 2.24) is 10.4 Å². The Morgan fingerprint density at radius 1 is 1.26 bits per heavy atom. The Morgan fingerprint density at radius 3 is 2.70 bits per heavy atom. The molecular formula is C20H24N2O5. The van der Waals surface area contributed by atoms with Crippen molar-refractivity contribution in [3.8, 4) is 11.5 Å². The van der Waals surface area contributed by atoms with Crippen molar-refractivity contribution in [2.75, 3.05) is 27.4 Å². The quantitative estimate of drug-likeness (QED) is 0.598. The summed E-state index contributed by atoms with van der Waals surface area (Å²) >= 11 is 0. The molecule has 1 aliphatic rings. The molecule has 3 rings (SSSR count). The SMILES string of the molecule is COC[C@H]1COc2cc(C(=O)NO)ccc2CN1Cc1ccc(OC)cc1. The van der Waals surface area contributed by atoms with Crippen LogP contribution in [0.3, 0.4) is 0 Å². The van der Waals surface area contributed by atoms with Crippen molar-refractivity contribution in [2.24, 2.45) is 0 Å². The van der Waals surface area contributed by atoms with Crippen LogP contribution in [0.5, 0.6) is 11.5 Å². The van der Waals surface area contributed by atoms with Crippen LogP contribution in [0.25, 0.3) is 0 Å². The highest BCUT2D eigenvalue weighted by atomic mass is 16.5. The topological polar surface area (TPSA) is 80.3 Å². The van der Waals surface area contributed by atoms with Gasteiger partial charge in [-0.05, 0) is 29.8 Å². The zero-order valence-electron chi connectivity index (χ0n) is 15.5. The number of hydroxylamine groups is 1.